The van der Waals surface area contributed by atoms with Crippen molar-refractivity contribution in [3.63, 3.8) is 0 Å². The van der Waals surface area contributed by atoms with Crippen molar-refractivity contribution in [2.75, 3.05) is 13.1 Å². The normalized spacial score (nSPS) is 16.5. The Morgan fingerprint density at radius 3 is 2.34 bits per heavy atom. The lowest BCUT2D eigenvalue weighted by Crippen LogP contribution is -3.00. The molecule has 1 aromatic heterocycles. The Bertz CT molecular complexity index is 1440. The number of quaternary nitrogens is 1. The Hall–Kier alpha value is -3.19. The number of fused-ring (bicyclic) bond motifs is 1. The number of hydrogen-bond acceptors (Lipinski definition) is 3. The average molecular weight is 552 g/mol. The van der Waals surface area contributed by atoms with E-state index in [0.29, 0.717) is 42.8 Å². The standard InChI is InChI=1S/C30H31ClN4O2.ClH/c31-23-14-12-22(13-15-23)20-28-25-10-4-5-11-26(25)29(36)35(33-28)24-9-6-17-34(18-16-24)30(37)27(32)19-21-7-2-1-3-8-21;/h1-5,7-8,10-15,24,27H,6,9,16-20,32H2;1H. The van der Waals surface area contributed by atoms with E-state index in [1.165, 1.54) is 0 Å². The molecule has 3 N–H and O–H groups in total. The molecule has 8 heteroatoms. The van der Waals surface area contributed by atoms with Gasteiger partial charge >= 0.3 is 0 Å². The number of aromatic nitrogens is 2. The minimum absolute atomic E-state index is 0. The van der Waals surface area contributed by atoms with E-state index in [2.05, 4.69) is 5.73 Å². The number of benzene rings is 3. The van der Waals surface area contributed by atoms with E-state index < -0.39 is 0 Å². The lowest BCUT2D eigenvalue weighted by Gasteiger charge is -2.23. The molecule has 1 aliphatic heterocycles. The summed E-state index contributed by atoms with van der Waals surface area (Å²) in [5.74, 6) is 0.0757. The van der Waals surface area contributed by atoms with Gasteiger partial charge in [-0.2, -0.15) is 5.10 Å². The first-order chi connectivity index (χ1) is 18.0. The van der Waals surface area contributed by atoms with Gasteiger partial charge in [-0.25, -0.2) is 4.68 Å². The molecule has 0 saturated carbocycles. The van der Waals surface area contributed by atoms with Gasteiger partial charge in [-0.15, -0.1) is 0 Å². The van der Waals surface area contributed by atoms with Gasteiger partial charge in [0, 0.05) is 36.3 Å². The van der Waals surface area contributed by atoms with Crippen molar-refractivity contribution < 1.29 is 22.9 Å². The van der Waals surface area contributed by atoms with Crippen LogP contribution in [0.1, 0.15) is 42.1 Å². The van der Waals surface area contributed by atoms with Gasteiger partial charge in [0.25, 0.3) is 11.5 Å². The first kappa shape index (κ1) is 27.8. The summed E-state index contributed by atoms with van der Waals surface area (Å²) >= 11 is 6.07. The molecule has 2 heterocycles. The number of likely N-dealkylation sites (tertiary alicyclic amines) is 1. The Morgan fingerprint density at radius 1 is 0.921 bits per heavy atom. The van der Waals surface area contributed by atoms with Crippen molar-refractivity contribution in [3.8, 4) is 0 Å². The molecule has 38 heavy (non-hydrogen) atoms. The van der Waals surface area contributed by atoms with Crippen LogP contribution >= 0.6 is 11.6 Å². The molecule has 2 unspecified atom stereocenters. The second-order valence-corrected chi connectivity index (χ2v) is 10.3. The zero-order valence-corrected chi connectivity index (χ0v) is 22.7. The molecular weight excluding hydrogens is 519 g/mol. The van der Waals surface area contributed by atoms with Gasteiger partial charge in [0.2, 0.25) is 0 Å². The minimum atomic E-state index is -0.327. The highest BCUT2D eigenvalue weighted by Crippen LogP contribution is 2.24. The van der Waals surface area contributed by atoms with Crippen LogP contribution in [0.15, 0.2) is 83.7 Å². The van der Waals surface area contributed by atoms with Crippen LogP contribution in [0.2, 0.25) is 5.02 Å². The van der Waals surface area contributed by atoms with Crippen LogP contribution in [0.5, 0.6) is 0 Å². The number of amides is 1. The fraction of sp³-hybridized carbons (Fsp3) is 0.300. The zero-order valence-electron chi connectivity index (χ0n) is 21.2. The van der Waals surface area contributed by atoms with Gasteiger partial charge in [0.15, 0.2) is 6.04 Å². The molecule has 1 aliphatic rings. The Labute approximate surface area is 233 Å². The summed E-state index contributed by atoms with van der Waals surface area (Å²) < 4.78 is 1.67. The quantitative estimate of drug-likeness (QED) is 0.389. The Morgan fingerprint density at radius 2 is 1.61 bits per heavy atom. The molecule has 2 atom stereocenters. The molecule has 0 aliphatic carbocycles. The molecule has 1 amide bonds. The van der Waals surface area contributed by atoms with Crippen molar-refractivity contribution in [2.45, 2.75) is 44.2 Å². The van der Waals surface area contributed by atoms with E-state index in [-0.39, 0.29) is 36.0 Å². The van der Waals surface area contributed by atoms with Gasteiger partial charge in [-0.1, -0.05) is 72.3 Å². The average Bonchev–Trinajstić information content (AvgIpc) is 3.18. The SMILES string of the molecule is [Cl-].[NH3+]C(Cc1ccccc1)C(=O)N1CCCC(n2nc(Cc3ccc(Cl)cc3)c3ccccc3c2=O)CC1. The first-order valence-corrected chi connectivity index (χ1v) is 13.3. The van der Waals surface area contributed by atoms with Crippen LogP contribution < -0.4 is 23.7 Å². The second-order valence-electron chi connectivity index (χ2n) is 9.84. The van der Waals surface area contributed by atoms with Crippen LogP contribution in [-0.2, 0) is 17.6 Å². The molecule has 5 rings (SSSR count). The van der Waals surface area contributed by atoms with Crippen LogP contribution in [0.3, 0.4) is 0 Å². The fourth-order valence-electron chi connectivity index (χ4n) is 5.24. The van der Waals surface area contributed by atoms with E-state index in [9.17, 15) is 9.59 Å². The molecule has 0 bridgehead atoms. The summed E-state index contributed by atoms with van der Waals surface area (Å²) in [4.78, 5) is 28.6. The van der Waals surface area contributed by atoms with Crippen LogP contribution in [0, 0.1) is 0 Å². The predicted octanol–water partition coefficient (Wildman–Crippen LogP) is 1.05. The van der Waals surface area contributed by atoms with E-state index in [1.807, 2.05) is 83.8 Å². The molecule has 4 aromatic rings. The number of halogens is 2. The molecule has 1 saturated heterocycles. The number of carbonyl (C=O) groups is 1. The first-order valence-electron chi connectivity index (χ1n) is 12.9. The van der Waals surface area contributed by atoms with Crippen LogP contribution in [0.25, 0.3) is 10.8 Å². The van der Waals surface area contributed by atoms with E-state index in [1.54, 1.807) is 4.68 Å². The molecule has 1 fully saturated rings. The highest BCUT2D eigenvalue weighted by molar-refractivity contribution is 6.30. The third-order valence-corrected chi connectivity index (χ3v) is 7.47. The molecule has 3 aromatic carbocycles. The highest BCUT2D eigenvalue weighted by Gasteiger charge is 2.28. The molecule has 0 radical (unpaired) electrons. The van der Waals surface area contributed by atoms with Crippen LogP contribution in [-0.4, -0.2) is 39.7 Å². The third-order valence-electron chi connectivity index (χ3n) is 7.22. The van der Waals surface area contributed by atoms with Gasteiger partial charge in [0.05, 0.1) is 17.1 Å². The Balaban J connectivity index is 0.00000336. The van der Waals surface area contributed by atoms with E-state index >= 15 is 0 Å². The second kappa shape index (κ2) is 12.6. The predicted molar refractivity (Wildman–Crippen MR) is 147 cm³/mol. The lowest BCUT2D eigenvalue weighted by atomic mass is 10.0. The number of carbonyl (C=O) groups excluding carboxylic acids is 1. The highest BCUT2D eigenvalue weighted by atomic mass is 35.5. The summed E-state index contributed by atoms with van der Waals surface area (Å²) in [6.45, 7) is 1.27. The number of nitrogens with zero attached hydrogens (tertiary/aromatic N) is 3. The number of hydrogen-bond donors (Lipinski definition) is 1. The van der Waals surface area contributed by atoms with E-state index in [0.717, 1.165) is 35.0 Å². The van der Waals surface area contributed by atoms with Gasteiger partial charge in [0.1, 0.15) is 0 Å². The van der Waals surface area contributed by atoms with Crippen molar-refractivity contribution in [1.82, 2.24) is 14.7 Å². The van der Waals surface area contributed by atoms with Gasteiger partial charge in [-0.05, 0) is 48.6 Å². The molecule has 0 spiro atoms. The summed E-state index contributed by atoms with van der Waals surface area (Å²) in [7, 11) is 0. The summed E-state index contributed by atoms with van der Waals surface area (Å²) in [6.07, 6.45) is 3.55. The third kappa shape index (κ3) is 6.26. The van der Waals surface area contributed by atoms with Gasteiger partial charge < -0.3 is 23.0 Å². The summed E-state index contributed by atoms with van der Waals surface area (Å²) in [5, 5.41) is 7.15. The minimum Gasteiger partial charge on any atom is -1.00 e. The van der Waals surface area contributed by atoms with Crippen molar-refractivity contribution in [2.24, 2.45) is 0 Å². The molecule has 6 nitrogen and oxygen atoms in total. The number of rotatable bonds is 6. The zero-order chi connectivity index (χ0) is 25.8. The van der Waals surface area contributed by atoms with Crippen molar-refractivity contribution in [3.05, 3.63) is 111 Å². The van der Waals surface area contributed by atoms with Crippen molar-refractivity contribution >= 4 is 28.3 Å². The fourth-order valence-corrected chi connectivity index (χ4v) is 5.36. The van der Waals surface area contributed by atoms with E-state index in [4.69, 9.17) is 16.7 Å². The van der Waals surface area contributed by atoms with Crippen molar-refractivity contribution in [1.29, 1.82) is 0 Å². The summed E-state index contributed by atoms with van der Waals surface area (Å²) in [5.41, 5.74) is 7.16. The maximum Gasteiger partial charge on any atom is 0.281 e. The Kier molecular flexibility index (Phi) is 9.21. The maximum absolute atomic E-state index is 13.5. The topological polar surface area (TPSA) is 82.8 Å². The molecular formula is C30H32Cl2N4O2. The maximum atomic E-state index is 13.5. The smallest absolute Gasteiger partial charge is 0.281 e. The largest absolute Gasteiger partial charge is 1.00 e. The van der Waals surface area contributed by atoms with Gasteiger partial charge in [-0.3, -0.25) is 9.59 Å². The van der Waals surface area contributed by atoms with Crippen LogP contribution in [0.4, 0.5) is 0 Å². The monoisotopic (exact) mass is 550 g/mol. The lowest BCUT2D eigenvalue weighted by molar-refractivity contribution is -0.405. The summed E-state index contributed by atoms with van der Waals surface area (Å²) in [6, 6.07) is 25.0. The molecule has 198 valence electrons.